The predicted octanol–water partition coefficient (Wildman–Crippen LogP) is 0.522. The van der Waals surface area contributed by atoms with Crippen molar-refractivity contribution in [1.29, 1.82) is 0 Å². The highest BCUT2D eigenvalue weighted by Crippen LogP contribution is 2.23. The molecule has 0 saturated carbocycles. The zero-order valence-corrected chi connectivity index (χ0v) is 17.0. The molecule has 2 aromatic rings. The van der Waals surface area contributed by atoms with Gasteiger partial charge in [0, 0.05) is 45.5 Å². The molecule has 0 radical (unpaired) electrons. The van der Waals surface area contributed by atoms with E-state index >= 15 is 0 Å². The van der Waals surface area contributed by atoms with Crippen molar-refractivity contribution in [2.45, 2.75) is 31.8 Å². The normalized spacial score (nSPS) is 21.6. The van der Waals surface area contributed by atoms with Crippen molar-refractivity contribution in [3.63, 3.8) is 0 Å². The van der Waals surface area contributed by atoms with E-state index < -0.39 is 0 Å². The standard InChI is InChI=1S/C21H29N5O3/c1-23-7-3-2-4-19(21(23)29)25-10-8-24(9-11-25)16-5-6-17-18(14-16)22-15-26(12-13-27)20(17)28/h5-6,14-15,19,27H,2-4,7-13H2,1H3. The molecular weight excluding hydrogens is 370 g/mol. The summed E-state index contributed by atoms with van der Waals surface area (Å²) in [6.07, 6.45) is 4.63. The Bertz CT molecular complexity index is 936. The molecule has 2 aliphatic rings. The number of hydrogen-bond acceptors (Lipinski definition) is 6. The number of aromatic nitrogens is 2. The average Bonchev–Trinajstić information content (AvgIpc) is 2.91. The highest BCUT2D eigenvalue weighted by Gasteiger charge is 2.32. The first-order chi connectivity index (χ1) is 14.1. The number of likely N-dealkylation sites (tertiary alicyclic amines) is 1. The van der Waals surface area contributed by atoms with Gasteiger partial charge in [0.2, 0.25) is 5.91 Å². The third-order valence-electron chi connectivity index (χ3n) is 6.15. The van der Waals surface area contributed by atoms with Crippen LogP contribution in [0.5, 0.6) is 0 Å². The second-order valence-electron chi connectivity index (χ2n) is 7.96. The van der Waals surface area contributed by atoms with Gasteiger partial charge in [0.25, 0.3) is 5.56 Å². The van der Waals surface area contributed by atoms with E-state index in [1.54, 1.807) is 0 Å². The van der Waals surface area contributed by atoms with Crippen LogP contribution in [0.3, 0.4) is 0 Å². The topological polar surface area (TPSA) is 81.9 Å². The first-order valence-corrected chi connectivity index (χ1v) is 10.4. The summed E-state index contributed by atoms with van der Waals surface area (Å²) in [5.41, 5.74) is 1.59. The third-order valence-corrected chi connectivity index (χ3v) is 6.15. The van der Waals surface area contributed by atoms with E-state index in [9.17, 15) is 9.59 Å². The van der Waals surface area contributed by atoms with Crippen LogP contribution in [-0.4, -0.2) is 82.8 Å². The molecule has 0 aliphatic carbocycles. The maximum Gasteiger partial charge on any atom is 0.261 e. The fourth-order valence-electron chi connectivity index (χ4n) is 4.42. The van der Waals surface area contributed by atoms with Crippen molar-refractivity contribution in [3.8, 4) is 0 Å². The van der Waals surface area contributed by atoms with E-state index in [0.717, 1.165) is 57.7 Å². The molecule has 4 rings (SSSR count). The molecule has 8 nitrogen and oxygen atoms in total. The number of hydrogen-bond donors (Lipinski definition) is 1. The van der Waals surface area contributed by atoms with E-state index in [2.05, 4.69) is 14.8 Å². The Balaban J connectivity index is 1.47. The van der Waals surface area contributed by atoms with Gasteiger partial charge < -0.3 is 14.9 Å². The fourth-order valence-corrected chi connectivity index (χ4v) is 4.42. The number of likely N-dealkylation sites (N-methyl/N-ethyl adjacent to an activating group) is 1. The molecule has 1 unspecified atom stereocenters. The van der Waals surface area contributed by atoms with Crippen LogP contribution in [0.4, 0.5) is 5.69 Å². The van der Waals surface area contributed by atoms with Gasteiger partial charge in [-0.1, -0.05) is 0 Å². The Morgan fingerprint density at radius 2 is 1.90 bits per heavy atom. The number of carbonyl (C=O) groups is 1. The highest BCUT2D eigenvalue weighted by molar-refractivity contribution is 5.82. The molecule has 8 heteroatoms. The van der Waals surface area contributed by atoms with Crippen molar-refractivity contribution in [3.05, 3.63) is 34.9 Å². The molecule has 0 bridgehead atoms. The maximum absolute atomic E-state index is 12.7. The van der Waals surface area contributed by atoms with Crippen LogP contribution in [0.25, 0.3) is 10.9 Å². The van der Waals surface area contributed by atoms with Gasteiger partial charge in [0.1, 0.15) is 0 Å². The quantitative estimate of drug-likeness (QED) is 0.807. The SMILES string of the molecule is CN1CCCCC(N2CCN(c3ccc4c(=O)n(CCO)cnc4c3)CC2)C1=O. The van der Waals surface area contributed by atoms with E-state index in [1.807, 2.05) is 30.1 Å². The van der Waals surface area contributed by atoms with E-state index in [4.69, 9.17) is 5.11 Å². The Morgan fingerprint density at radius 3 is 2.66 bits per heavy atom. The average molecular weight is 399 g/mol. The largest absolute Gasteiger partial charge is 0.395 e. The molecule has 3 heterocycles. The minimum absolute atomic E-state index is 0.00733. The van der Waals surface area contributed by atoms with Gasteiger partial charge in [0.15, 0.2) is 0 Å². The first kappa shape index (κ1) is 19.8. The molecule has 1 atom stereocenters. The molecule has 1 N–H and O–H groups in total. The van der Waals surface area contributed by atoms with Crippen LogP contribution in [0, 0.1) is 0 Å². The van der Waals surface area contributed by atoms with Gasteiger partial charge in [-0.05, 0) is 37.5 Å². The third kappa shape index (κ3) is 4.00. The molecule has 1 aromatic heterocycles. The summed E-state index contributed by atoms with van der Waals surface area (Å²) in [7, 11) is 1.91. The summed E-state index contributed by atoms with van der Waals surface area (Å²) < 4.78 is 1.43. The number of fused-ring (bicyclic) bond motifs is 1. The van der Waals surface area contributed by atoms with Crippen LogP contribution >= 0.6 is 0 Å². The summed E-state index contributed by atoms with van der Waals surface area (Å²) in [5.74, 6) is 0.255. The van der Waals surface area contributed by atoms with Crippen LogP contribution in [0.1, 0.15) is 19.3 Å². The molecule has 2 saturated heterocycles. The van der Waals surface area contributed by atoms with Gasteiger partial charge in [-0.15, -0.1) is 0 Å². The fraction of sp³-hybridized carbons (Fsp3) is 0.571. The van der Waals surface area contributed by atoms with Gasteiger partial charge in [0.05, 0.1) is 36.4 Å². The first-order valence-electron chi connectivity index (χ1n) is 10.4. The van der Waals surface area contributed by atoms with Gasteiger partial charge in [-0.25, -0.2) is 4.98 Å². The number of aliphatic hydroxyl groups excluding tert-OH is 1. The summed E-state index contributed by atoms with van der Waals surface area (Å²) in [5, 5.41) is 9.64. The van der Waals surface area contributed by atoms with Crippen molar-refractivity contribution in [1.82, 2.24) is 19.4 Å². The molecule has 156 valence electrons. The smallest absolute Gasteiger partial charge is 0.261 e. The number of piperazine rings is 1. The highest BCUT2D eigenvalue weighted by atomic mass is 16.3. The Kier molecular flexibility index (Phi) is 5.82. The summed E-state index contributed by atoms with van der Waals surface area (Å²) in [6, 6.07) is 5.76. The molecular formula is C21H29N5O3. The number of aliphatic hydroxyl groups is 1. The number of amides is 1. The lowest BCUT2D eigenvalue weighted by Crippen LogP contribution is -2.54. The lowest BCUT2D eigenvalue weighted by molar-refractivity contribution is -0.135. The number of nitrogens with zero attached hydrogens (tertiary/aromatic N) is 5. The maximum atomic E-state index is 12.7. The number of rotatable bonds is 4. The van der Waals surface area contributed by atoms with Crippen LogP contribution < -0.4 is 10.5 Å². The Hall–Kier alpha value is -2.45. The molecule has 29 heavy (non-hydrogen) atoms. The zero-order valence-electron chi connectivity index (χ0n) is 17.0. The second-order valence-corrected chi connectivity index (χ2v) is 7.96. The van der Waals surface area contributed by atoms with Gasteiger partial charge in [-0.2, -0.15) is 0 Å². The Labute approximate surface area is 170 Å². The molecule has 1 amide bonds. The second kappa shape index (κ2) is 8.51. The predicted molar refractivity (Wildman–Crippen MR) is 112 cm³/mol. The number of anilines is 1. The van der Waals surface area contributed by atoms with Crippen molar-refractivity contribution in [2.24, 2.45) is 0 Å². The summed E-state index contributed by atoms with van der Waals surface area (Å²) >= 11 is 0. The van der Waals surface area contributed by atoms with E-state index in [-0.39, 0.29) is 30.7 Å². The summed E-state index contributed by atoms with van der Waals surface area (Å²) in [4.78, 5) is 36.0. The van der Waals surface area contributed by atoms with Gasteiger partial charge >= 0.3 is 0 Å². The lowest BCUT2D eigenvalue weighted by atomic mass is 10.1. The van der Waals surface area contributed by atoms with E-state index in [0.29, 0.717) is 10.9 Å². The number of carbonyl (C=O) groups excluding carboxylic acids is 1. The minimum atomic E-state index is -0.128. The monoisotopic (exact) mass is 399 g/mol. The van der Waals surface area contributed by atoms with Gasteiger partial charge in [-0.3, -0.25) is 19.1 Å². The molecule has 2 aliphatic heterocycles. The van der Waals surface area contributed by atoms with Crippen LogP contribution in [0.2, 0.25) is 0 Å². The molecule has 2 fully saturated rings. The molecule has 0 spiro atoms. The lowest BCUT2D eigenvalue weighted by Gasteiger charge is -2.40. The number of benzene rings is 1. The van der Waals surface area contributed by atoms with Crippen molar-refractivity contribution < 1.29 is 9.90 Å². The van der Waals surface area contributed by atoms with E-state index in [1.165, 1.54) is 10.9 Å². The minimum Gasteiger partial charge on any atom is -0.395 e. The van der Waals surface area contributed by atoms with Crippen LogP contribution in [0.15, 0.2) is 29.3 Å². The van der Waals surface area contributed by atoms with Crippen molar-refractivity contribution in [2.75, 3.05) is 51.3 Å². The van der Waals surface area contributed by atoms with Crippen LogP contribution in [-0.2, 0) is 11.3 Å². The zero-order chi connectivity index (χ0) is 20.4. The van der Waals surface area contributed by atoms with Crippen molar-refractivity contribution >= 4 is 22.5 Å². The molecule has 1 aromatic carbocycles. The Morgan fingerprint density at radius 1 is 1.10 bits per heavy atom. The summed E-state index contributed by atoms with van der Waals surface area (Å²) in [6.45, 7) is 4.43.